The van der Waals surface area contributed by atoms with Gasteiger partial charge < -0.3 is 10.5 Å². The lowest BCUT2D eigenvalue weighted by Gasteiger charge is -2.28. The van der Waals surface area contributed by atoms with Crippen LogP contribution < -0.4 is 15.2 Å². The van der Waals surface area contributed by atoms with Gasteiger partial charge in [0.1, 0.15) is 29.3 Å². The third-order valence-electron chi connectivity index (χ3n) is 5.99. The molecule has 1 fully saturated rings. The number of para-hydroxylation sites is 1. The number of fused-ring (bicyclic) bond motifs is 1. The summed E-state index contributed by atoms with van der Waals surface area (Å²) >= 11 is 1.56. The predicted octanol–water partition coefficient (Wildman–Crippen LogP) is 5.73. The molecule has 0 unspecified atom stereocenters. The molecule has 33 heavy (non-hydrogen) atoms. The minimum Gasteiger partial charge on any atom is -0.457 e. The maximum atomic E-state index is 6.29. The van der Waals surface area contributed by atoms with Crippen molar-refractivity contribution in [2.75, 3.05) is 5.73 Å². The number of rotatable bonds is 7. The summed E-state index contributed by atoms with van der Waals surface area (Å²) in [6, 6.07) is 18.4. The molecule has 0 atom stereocenters. The van der Waals surface area contributed by atoms with Crippen LogP contribution in [0.25, 0.3) is 22.3 Å². The van der Waals surface area contributed by atoms with Gasteiger partial charge in [-0.3, -0.25) is 4.72 Å². The van der Waals surface area contributed by atoms with Gasteiger partial charge in [-0.15, -0.1) is 0 Å². The molecule has 4 aromatic rings. The highest BCUT2D eigenvalue weighted by Gasteiger charge is 2.26. The minimum absolute atomic E-state index is 0.281. The molecule has 0 bridgehead atoms. The molecule has 0 radical (unpaired) electrons. The quantitative estimate of drug-likeness (QED) is 0.342. The minimum atomic E-state index is 0.281. The van der Waals surface area contributed by atoms with E-state index in [4.69, 9.17) is 15.6 Å². The standard InChI is InChI=1S/C25H26N6OS/c1-2-33-30-18-10-12-19(13-11-18)31-25-22(24(26)27-16-28-25)23(29-31)17-8-14-21(15-9-17)32-20-6-4-3-5-7-20/h2-9,14-16,18-19,30H,1,10-13H2,(H2,26,27,28)/t18-,19+. The summed E-state index contributed by atoms with van der Waals surface area (Å²) in [5.41, 5.74) is 8.85. The van der Waals surface area contributed by atoms with E-state index < -0.39 is 0 Å². The van der Waals surface area contributed by atoms with Gasteiger partial charge in [0.25, 0.3) is 0 Å². The van der Waals surface area contributed by atoms with E-state index in [0.29, 0.717) is 11.9 Å². The van der Waals surface area contributed by atoms with E-state index in [1.165, 1.54) is 6.33 Å². The van der Waals surface area contributed by atoms with Crippen molar-refractivity contribution in [2.24, 2.45) is 0 Å². The molecule has 8 heteroatoms. The van der Waals surface area contributed by atoms with E-state index in [1.54, 1.807) is 11.9 Å². The topological polar surface area (TPSA) is 90.9 Å². The molecule has 5 rings (SSSR count). The number of ether oxygens (including phenoxy) is 1. The van der Waals surface area contributed by atoms with E-state index in [9.17, 15) is 0 Å². The Bertz CT molecular complexity index is 1230. The fourth-order valence-corrected chi connectivity index (χ4v) is 4.86. The number of nitrogens with one attached hydrogen (secondary N) is 1. The fourth-order valence-electron chi connectivity index (χ4n) is 4.34. The van der Waals surface area contributed by atoms with Crippen LogP contribution in [-0.2, 0) is 0 Å². The van der Waals surface area contributed by atoms with E-state index in [0.717, 1.165) is 59.5 Å². The molecule has 0 aliphatic heterocycles. The van der Waals surface area contributed by atoms with E-state index in [-0.39, 0.29) is 6.04 Å². The largest absolute Gasteiger partial charge is 0.457 e. The van der Waals surface area contributed by atoms with E-state index in [2.05, 4.69) is 21.3 Å². The fraction of sp³-hybridized carbons (Fsp3) is 0.240. The van der Waals surface area contributed by atoms with Gasteiger partial charge >= 0.3 is 0 Å². The summed E-state index contributed by atoms with van der Waals surface area (Å²) in [6.45, 7) is 3.76. The van der Waals surface area contributed by atoms with Gasteiger partial charge in [0.2, 0.25) is 0 Å². The van der Waals surface area contributed by atoms with Gasteiger partial charge in [-0.25, -0.2) is 14.6 Å². The highest BCUT2D eigenvalue weighted by atomic mass is 32.2. The third-order valence-corrected chi connectivity index (χ3v) is 6.62. The Hall–Kier alpha value is -3.36. The zero-order chi connectivity index (χ0) is 22.6. The number of nitrogen functional groups attached to an aromatic ring is 1. The van der Waals surface area contributed by atoms with Crippen molar-refractivity contribution in [1.29, 1.82) is 0 Å². The molecule has 168 valence electrons. The lowest BCUT2D eigenvalue weighted by atomic mass is 9.92. The van der Waals surface area contributed by atoms with E-state index in [1.807, 2.05) is 64.7 Å². The Morgan fingerprint density at radius 1 is 1.00 bits per heavy atom. The van der Waals surface area contributed by atoms with Crippen LogP contribution in [0.3, 0.4) is 0 Å². The van der Waals surface area contributed by atoms with Crippen molar-refractivity contribution >= 4 is 28.8 Å². The smallest absolute Gasteiger partial charge is 0.164 e. The zero-order valence-corrected chi connectivity index (χ0v) is 19.0. The maximum Gasteiger partial charge on any atom is 0.164 e. The van der Waals surface area contributed by atoms with Crippen LogP contribution in [0.1, 0.15) is 31.7 Å². The number of nitrogens with zero attached hydrogens (tertiary/aromatic N) is 4. The van der Waals surface area contributed by atoms with Gasteiger partial charge in [-0.2, -0.15) is 5.10 Å². The predicted molar refractivity (Wildman–Crippen MR) is 134 cm³/mol. The lowest BCUT2D eigenvalue weighted by molar-refractivity contribution is 0.302. The summed E-state index contributed by atoms with van der Waals surface area (Å²) in [5, 5.41) is 7.63. The first-order valence-corrected chi connectivity index (χ1v) is 11.9. The van der Waals surface area contributed by atoms with Gasteiger partial charge in [0.05, 0.1) is 11.4 Å². The van der Waals surface area contributed by atoms with Gasteiger partial charge in [0.15, 0.2) is 5.65 Å². The first-order chi connectivity index (χ1) is 16.2. The monoisotopic (exact) mass is 458 g/mol. The summed E-state index contributed by atoms with van der Waals surface area (Å²) in [6.07, 6.45) is 5.73. The summed E-state index contributed by atoms with van der Waals surface area (Å²) < 4.78 is 11.4. The second kappa shape index (κ2) is 9.64. The molecule has 1 aliphatic carbocycles. The van der Waals surface area contributed by atoms with Crippen LogP contribution in [0.4, 0.5) is 5.82 Å². The van der Waals surface area contributed by atoms with Crippen LogP contribution in [0.2, 0.25) is 0 Å². The SMILES string of the molecule is C=CSN[C@H]1CC[C@@H](n2nc(-c3ccc(Oc4ccccc4)cc3)c3c(N)ncnc32)CC1. The first kappa shape index (κ1) is 21.5. The van der Waals surface area contributed by atoms with Crippen molar-refractivity contribution in [3.05, 3.63) is 72.9 Å². The molecule has 2 heterocycles. The van der Waals surface area contributed by atoms with Crippen molar-refractivity contribution in [3.8, 4) is 22.8 Å². The van der Waals surface area contributed by atoms with Crippen LogP contribution in [0.15, 0.2) is 72.9 Å². The molecule has 2 aromatic heterocycles. The second-order valence-corrected chi connectivity index (χ2v) is 8.90. The molecular formula is C25H26N6OS. The molecule has 0 saturated heterocycles. The molecule has 0 amide bonds. The average molecular weight is 459 g/mol. The zero-order valence-electron chi connectivity index (χ0n) is 18.2. The normalized spacial score (nSPS) is 18.3. The Morgan fingerprint density at radius 2 is 1.73 bits per heavy atom. The Kier molecular flexibility index (Phi) is 6.28. The Labute approximate surface area is 197 Å². The molecule has 2 aromatic carbocycles. The van der Waals surface area contributed by atoms with Crippen LogP contribution in [0, 0.1) is 0 Å². The van der Waals surface area contributed by atoms with Gasteiger partial charge in [-0.05, 0) is 67.5 Å². The van der Waals surface area contributed by atoms with Crippen molar-refractivity contribution in [2.45, 2.75) is 37.8 Å². The Morgan fingerprint density at radius 3 is 2.45 bits per heavy atom. The number of aromatic nitrogens is 4. The summed E-state index contributed by atoms with van der Waals surface area (Å²) in [4.78, 5) is 8.79. The number of benzene rings is 2. The number of anilines is 1. The van der Waals surface area contributed by atoms with Crippen molar-refractivity contribution in [3.63, 3.8) is 0 Å². The van der Waals surface area contributed by atoms with Crippen molar-refractivity contribution < 1.29 is 4.74 Å². The summed E-state index contributed by atoms with van der Waals surface area (Å²) in [5.74, 6) is 2.01. The maximum absolute atomic E-state index is 6.29. The van der Waals surface area contributed by atoms with Crippen LogP contribution >= 0.6 is 11.9 Å². The highest BCUT2D eigenvalue weighted by molar-refractivity contribution is 8.00. The highest BCUT2D eigenvalue weighted by Crippen LogP contribution is 2.36. The average Bonchev–Trinajstić information content (AvgIpc) is 3.25. The molecule has 3 N–H and O–H groups in total. The van der Waals surface area contributed by atoms with Crippen LogP contribution in [0.5, 0.6) is 11.5 Å². The first-order valence-electron chi connectivity index (χ1n) is 11.1. The Balaban J connectivity index is 1.43. The molecule has 1 aliphatic rings. The summed E-state index contributed by atoms with van der Waals surface area (Å²) in [7, 11) is 0. The number of nitrogens with two attached hydrogens (primary N) is 1. The van der Waals surface area contributed by atoms with Crippen molar-refractivity contribution in [1.82, 2.24) is 24.5 Å². The number of hydrogen-bond donors (Lipinski definition) is 2. The lowest BCUT2D eigenvalue weighted by Crippen LogP contribution is -2.29. The second-order valence-electron chi connectivity index (χ2n) is 8.10. The molecule has 0 spiro atoms. The van der Waals surface area contributed by atoms with Gasteiger partial charge in [0, 0.05) is 11.6 Å². The molecular weight excluding hydrogens is 432 g/mol. The number of hydrogen-bond acceptors (Lipinski definition) is 7. The van der Waals surface area contributed by atoms with E-state index >= 15 is 0 Å². The third kappa shape index (κ3) is 4.58. The molecule has 1 saturated carbocycles. The van der Waals surface area contributed by atoms with Gasteiger partial charge in [-0.1, -0.05) is 36.7 Å². The van der Waals surface area contributed by atoms with Crippen LogP contribution in [-0.4, -0.2) is 25.8 Å². The molecule has 7 nitrogen and oxygen atoms in total.